The van der Waals surface area contributed by atoms with E-state index >= 15 is 0 Å². The van der Waals surface area contributed by atoms with Crippen molar-refractivity contribution in [2.24, 2.45) is 0 Å². The summed E-state index contributed by atoms with van der Waals surface area (Å²) in [4.78, 5) is 11.3. The smallest absolute Gasteiger partial charge is 0.307 e. The van der Waals surface area contributed by atoms with Gasteiger partial charge < -0.3 is 18.8 Å². The minimum atomic E-state index is -1.43. The third-order valence-corrected chi connectivity index (χ3v) is 7.74. The summed E-state index contributed by atoms with van der Waals surface area (Å²) >= 11 is -1.43. The van der Waals surface area contributed by atoms with Crippen LogP contribution in [0.4, 0.5) is 4.39 Å². The molecule has 0 bridgehead atoms. The van der Waals surface area contributed by atoms with Gasteiger partial charge in [0, 0.05) is 27.9 Å². The minimum absolute atomic E-state index is 0.127. The van der Waals surface area contributed by atoms with Crippen LogP contribution in [0.5, 0.6) is 5.75 Å². The van der Waals surface area contributed by atoms with E-state index < -0.39 is 34.8 Å². The lowest BCUT2D eigenvalue weighted by molar-refractivity contribution is -0.136. The number of halogens is 1. The quantitative estimate of drug-likeness (QED) is 0.219. The van der Waals surface area contributed by atoms with Gasteiger partial charge in [0.15, 0.2) is 0 Å². The average Bonchev–Trinajstić information content (AvgIpc) is 3.34. The van der Waals surface area contributed by atoms with Crippen molar-refractivity contribution >= 4 is 28.3 Å². The second-order valence-corrected chi connectivity index (χ2v) is 12.3. The third-order valence-electron chi connectivity index (χ3n) is 6.13. The molecule has 0 aliphatic carbocycles. The van der Waals surface area contributed by atoms with E-state index in [1.165, 1.54) is 0 Å². The van der Waals surface area contributed by atoms with Crippen LogP contribution in [0.2, 0.25) is 0 Å². The molecular weight excluding hydrogens is 505 g/mol. The van der Waals surface area contributed by atoms with Gasteiger partial charge in [-0.15, -0.1) is 4.72 Å². The minimum Gasteiger partial charge on any atom is -0.598 e. The Morgan fingerprint density at radius 3 is 2.66 bits per heavy atom. The zero-order chi connectivity index (χ0) is 27.4. The lowest BCUT2D eigenvalue weighted by Crippen LogP contribution is -2.41. The van der Waals surface area contributed by atoms with Gasteiger partial charge in [0.2, 0.25) is 0 Å². The molecule has 0 saturated carbocycles. The summed E-state index contributed by atoms with van der Waals surface area (Å²) in [7, 11) is 0. The van der Waals surface area contributed by atoms with Gasteiger partial charge in [-0.25, -0.2) is 4.39 Å². The van der Waals surface area contributed by atoms with Crippen LogP contribution in [0, 0.1) is 6.92 Å². The number of fused-ring (bicyclic) bond motifs is 1. The highest BCUT2D eigenvalue weighted by atomic mass is 32.2. The standard InChI is InChI=1S/C30H32FNO5S/c1-19-8-9-23(16-28(33)34)27(12-19)37-18-20-13-24-10-11-36-29(24)25(14-20)21-6-5-7-22(15-21)26(17-31)32-38(35)30(2,3)4/h5-15,26,32H,16-18H2,1-4H3,(H,33,34)/t26-,38?/m0/s1. The van der Waals surface area contributed by atoms with Gasteiger partial charge in [0.25, 0.3) is 0 Å². The Balaban J connectivity index is 1.65. The van der Waals surface area contributed by atoms with E-state index in [4.69, 9.17) is 9.15 Å². The molecule has 1 aromatic heterocycles. The lowest BCUT2D eigenvalue weighted by Gasteiger charge is -2.27. The normalized spacial score (nSPS) is 13.4. The molecule has 0 saturated heterocycles. The first-order chi connectivity index (χ1) is 18.0. The van der Waals surface area contributed by atoms with Crippen LogP contribution in [-0.2, 0) is 29.2 Å². The zero-order valence-electron chi connectivity index (χ0n) is 21.9. The molecule has 1 unspecified atom stereocenters. The average molecular weight is 538 g/mol. The fourth-order valence-electron chi connectivity index (χ4n) is 4.13. The largest absolute Gasteiger partial charge is 0.598 e. The van der Waals surface area contributed by atoms with Crippen LogP contribution >= 0.6 is 0 Å². The van der Waals surface area contributed by atoms with E-state index in [0.29, 0.717) is 22.5 Å². The van der Waals surface area contributed by atoms with Crippen molar-refractivity contribution in [3.8, 4) is 16.9 Å². The summed E-state index contributed by atoms with van der Waals surface area (Å²) in [5, 5.41) is 10.1. The van der Waals surface area contributed by atoms with Gasteiger partial charge in [-0.05, 0) is 80.3 Å². The van der Waals surface area contributed by atoms with Crippen molar-refractivity contribution in [2.45, 2.75) is 51.5 Å². The molecule has 2 atom stereocenters. The second-order valence-electron chi connectivity index (χ2n) is 10.3. The number of rotatable bonds is 10. The number of carboxylic acid groups (broad SMARTS) is 1. The molecule has 4 rings (SSSR count). The summed E-state index contributed by atoms with van der Waals surface area (Å²) in [6, 6.07) is 18.0. The molecule has 200 valence electrons. The van der Waals surface area contributed by atoms with E-state index in [0.717, 1.165) is 27.6 Å². The Bertz CT molecular complexity index is 1430. The van der Waals surface area contributed by atoms with Crippen LogP contribution < -0.4 is 9.46 Å². The van der Waals surface area contributed by atoms with E-state index in [2.05, 4.69) is 4.72 Å². The number of ether oxygens (including phenoxy) is 1. The molecule has 2 N–H and O–H groups in total. The van der Waals surface area contributed by atoms with Crippen molar-refractivity contribution in [2.75, 3.05) is 6.67 Å². The molecule has 1 heterocycles. The number of hydrogen-bond donors (Lipinski definition) is 2. The van der Waals surface area contributed by atoms with Crippen LogP contribution in [0.25, 0.3) is 22.1 Å². The van der Waals surface area contributed by atoms with Crippen molar-refractivity contribution in [3.05, 3.63) is 89.2 Å². The number of hydrogen-bond acceptors (Lipinski definition) is 5. The van der Waals surface area contributed by atoms with Crippen LogP contribution in [-0.4, -0.2) is 27.1 Å². The molecule has 38 heavy (non-hydrogen) atoms. The summed E-state index contributed by atoms with van der Waals surface area (Å²) in [5.41, 5.74) is 5.47. The van der Waals surface area contributed by atoms with Crippen molar-refractivity contribution in [1.82, 2.24) is 4.72 Å². The fourth-order valence-corrected chi connectivity index (χ4v) is 4.94. The number of carbonyl (C=O) groups is 1. The molecule has 4 aromatic rings. The van der Waals surface area contributed by atoms with E-state index in [1.54, 1.807) is 12.3 Å². The Hall–Kier alpha value is -3.33. The maximum atomic E-state index is 14.0. The number of benzene rings is 3. The maximum absolute atomic E-state index is 14.0. The van der Waals surface area contributed by atoms with Gasteiger partial charge in [-0.2, -0.15) is 0 Å². The highest BCUT2D eigenvalue weighted by molar-refractivity contribution is 7.90. The monoisotopic (exact) mass is 537 g/mol. The first-order valence-corrected chi connectivity index (χ1v) is 13.5. The van der Waals surface area contributed by atoms with Crippen LogP contribution in [0.15, 0.2) is 71.3 Å². The highest BCUT2D eigenvalue weighted by Crippen LogP contribution is 2.34. The van der Waals surface area contributed by atoms with Crippen LogP contribution in [0.3, 0.4) is 0 Å². The third kappa shape index (κ3) is 6.56. The topological polar surface area (TPSA) is 94.8 Å². The molecule has 3 aromatic carbocycles. The summed E-state index contributed by atoms with van der Waals surface area (Å²) in [6.07, 6.45) is 1.49. The van der Waals surface area contributed by atoms with Crippen molar-refractivity contribution in [1.29, 1.82) is 0 Å². The Morgan fingerprint density at radius 2 is 1.95 bits per heavy atom. The molecular formula is C30H32FNO5S. The van der Waals surface area contributed by atoms with Crippen molar-refractivity contribution < 1.29 is 28.0 Å². The molecule has 0 fully saturated rings. The Labute approximate surface area is 225 Å². The summed E-state index contributed by atoms with van der Waals surface area (Å²) in [6.45, 7) is 6.96. The van der Waals surface area contributed by atoms with E-state index in [1.807, 2.05) is 82.3 Å². The molecule has 0 spiro atoms. The molecule has 0 radical (unpaired) electrons. The van der Waals surface area contributed by atoms with Gasteiger partial charge in [0.1, 0.15) is 35.4 Å². The zero-order valence-corrected chi connectivity index (χ0v) is 22.7. The number of aryl methyl sites for hydroxylation is 1. The number of carboxylic acids is 1. The number of furan rings is 1. The highest BCUT2D eigenvalue weighted by Gasteiger charge is 2.30. The number of alkyl halides is 1. The van der Waals surface area contributed by atoms with Gasteiger partial charge >= 0.3 is 5.97 Å². The molecule has 6 nitrogen and oxygen atoms in total. The molecule has 0 amide bonds. The number of aliphatic carboxylic acids is 1. The number of nitrogens with one attached hydrogen (secondary N) is 1. The van der Waals surface area contributed by atoms with E-state index in [-0.39, 0.29) is 13.0 Å². The SMILES string of the molecule is Cc1ccc(CC(=O)O)c(OCc2cc(-c3cccc([C@H](CF)N[S+]([O-])C(C)(C)C)c3)c3occc3c2)c1. The molecule has 0 aliphatic heterocycles. The van der Waals surface area contributed by atoms with E-state index in [9.17, 15) is 18.8 Å². The fraction of sp³-hybridized carbons (Fsp3) is 0.300. The van der Waals surface area contributed by atoms with Crippen LogP contribution in [0.1, 0.15) is 49.1 Å². The van der Waals surface area contributed by atoms with Gasteiger partial charge in [0.05, 0.1) is 12.7 Å². The summed E-state index contributed by atoms with van der Waals surface area (Å²) < 4.78 is 40.9. The predicted molar refractivity (Wildman–Crippen MR) is 148 cm³/mol. The lowest BCUT2D eigenvalue weighted by atomic mass is 9.97. The Kier molecular flexibility index (Phi) is 8.45. The maximum Gasteiger partial charge on any atom is 0.307 e. The summed E-state index contributed by atoms with van der Waals surface area (Å²) in [5.74, 6) is -0.389. The Morgan fingerprint density at radius 1 is 1.16 bits per heavy atom. The van der Waals surface area contributed by atoms with Gasteiger partial charge in [-0.1, -0.05) is 30.3 Å². The first-order valence-electron chi connectivity index (χ1n) is 12.3. The van der Waals surface area contributed by atoms with Gasteiger partial charge in [-0.3, -0.25) is 4.79 Å². The van der Waals surface area contributed by atoms with Crippen molar-refractivity contribution in [3.63, 3.8) is 0 Å². The first kappa shape index (κ1) is 27.7. The molecule has 0 aliphatic rings. The molecule has 8 heteroatoms. The second kappa shape index (κ2) is 11.6. The predicted octanol–water partition coefficient (Wildman–Crippen LogP) is 6.68.